The Morgan fingerprint density at radius 3 is 2.54 bits per heavy atom. The molecule has 4 nitrogen and oxygen atoms in total. The van der Waals surface area contributed by atoms with Crippen LogP contribution in [0.15, 0.2) is 0 Å². The molecule has 2 unspecified atom stereocenters. The molecule has 0 bridgehead atoms. The van der Waals surface area contributed by atoms with Crippen LogP contribution in [0.3, 0.4) is 0 Å². The van der Waals surface area contributed by atoms with Crippen LogP contribution < -0.4 is 10.6 Å². The zero-order valence-electron chi connectivity index (χ0n) is 8.63. The van der Waals surface area contributed by atoms with Crippen molar-refractivity contribution in [2.75, 3.05) is 13.7 Å². The lowest BCUT2D eigenvalue weighted by Gasteiger charge is -2.20. The molecule has 2 atom stereocenters. The van der Waals surface area contributed by atoms with Crippen molar-refractivity contribution in [3.63, 3.8) is 0 Å². The van der Waals surface area contributed by atoms with Gasteiger partial charge in [-0.3, -0.25) is 4.79 Å². The molecule has 0 aromatic heterocycles. The summed E-state index contributed by atoms with van der Waals surface area (Å²) in [6.07, 6.45) is 1.61. The molecular weight excluding hydrogens is 168 g/mol. The quantitative estimate of drug-likeness (QED) is 0.544. The van der Waals surface area contributed by atoms with Crippen LogP contribution in [0.25, 0.3) is 0 Å². The minimum absolute atomic E-state index is 0.0172. The molecule has 0 saturated carbocycles. The summed E-state index contributed by atoms with van der Waals surface area (Å²) in [4.78, 5) is 11.1. The molecule has 0 aliphatic heterocycles. The molecule has 0 aromatic carbocycles. The molecule has 0 heterocycles. The Hall–Kier alpha value is -0.610. The fourth-order valence-corrected chi connectivity index (χ4v) is 1.21. The van der Waals surface area contributed by atoms with Gasteiger partial charge in [-0.2, -0.15) is 0 Å². The van der Waals surface area contributed by atoms with E-state index in [4.69, 9.17) is 5.11 Å². The van der Waals surface area contributed by atoms with E-state index in [1.54, 1.807) is 7.05 Å². The molecule has 13 heavy (non-hydrogen) atoms. The number of hydrogen-bond acceptors (Lipinski definition) is 3. The van der Waals surface area contributed by atoms with Crippen molar-refractivity contribution in [3.05, 3.63) is 0 Å². The van der Waals surface area contributed by atoms with Gasteiger partial charge in [0.1, 0.15) is 0 Å². The first-order valence-corrected chi connectivity index (χ1v) is 4.74. The monoisotopic (exact) mass is 188 g/mol. The first-order chi connectivity index (χ1) is 6.15. The summed E-state index contributed by atoms with van der Waals surface area (Å²) in [6, 6.07) is 0.0267. The fraction of sp³-hybridized carbons (Fsp3) is 0.889. The molecule has 0 saturated heterocycles. The third-order valence-corrected chi connectivity index (χ3v) is 2.10. The number of aliphatic hydroxyl groups is 1. The van der Waals surface area contributed by atoms with E-state index >= 15 is 0 Å². The normalized spacial score (nSPS) is 15.1. The van der Waals surface area contributed by atoms with Gasteiger partial charge in [-0.15, -0.1) is 0 Å². The highest BCUT2D eigenvalue weighted by atomic mass is 16.3. The van der Waals surface area contributed by atoms with E-state index < -0.39 is 0 Å². The third-order valence-electron chi connectivity index (χ3n) is 2.10. The van der Waals surface area contributed by atoms with E-state index in [9.17, 15) is 4.79 Å². The largest absolute Gasteiger partial charge is 0.396 e. The standard InChI is InChI=1S/C9H20N2O2/c1-4-8(5-6-12)11-7(2)9(13)10-3/h7-8,11-12H,4-6H2,1-3H3,(H,10,13). The molecule has 0 spiro atoms. The van der Waals surface area contributed by atoms with E-state index in [0.717, 1.165) is 6.42 Å². The zero-order chi connectivity index (χ0) is 10.3. The lowest BCUT2D eigenvalue weighted by Crippen LogP contribution is -2.45. The predicted molar refractivity (Wildman–Crippen MR) is 52.4 cm³/mol. The number of carbonyl (C=O) groups is 1. The van der Waals surface area contributed by atoms with Crippen molar-refractivity contribution < 1.29 is 9.90 Å². The minimum Gasteiger partial charge on any atom is -0.396 e. The van der Waals surface area contributed by atoms with E-state index in [1.165, 1.54) is 0 Å². The number of aliphatic hydroxyl groups excluding tert-OH is 1. The van der Waals surface area contributed by atoms with Crippen molar-refractivity contribution in [1.29, 1.82) is 0 Å². The lowest BCUT2D eigenvalue weighted by atomic mass is 10.1. The van der Waals surface area contributed by atoms with Crippen molar-refractivity contribution in [3.8, 4) is 0 Å². The van der Waals surface area contributed by atoms with Gasteiger partial charge in [0.25, 0.3) is 0 Å². The molecule has 4 heteroatoms. The van der Waals surface area contributed by atoms with Crippen LogP contribution >= 0.6 is 0 Å². The molecule has 0 radical (unpaired) electrons. The second-order valence-corrected chi connectivity index (χ2v) is 3.12. The van der Waals surface area contributed by atoms with Gasteiger partial charge in [0.05, 0.1) is 6.04 Å². The minimum atomic E-state index is -0.193. The van der Waals surface area contributed by atoms with Gasteiger partial charge in [0, 0.05) is 19.7 Å². The molecule has 3 N–H and O–H groups in total. The Kier molecular flexibility index (Phi) is 6.54. The van der Waals surface area contributed by atoms with Crippen LogP contribution in [0.4, 0.5) is 0 Å². The Balaban J connectivity index is 3.85. The van der Waals surface area contributed by atoms with Gasteiger partial charge in [0.15, 0.2) is 0 Å². The highest BCUT2D eigenvalue weighted by molar-refractivity contribution is 5.80. The van der Waals surface area contributed by atoms with Gasteiger partial charge >= 0.3 is 0 Å². The molecule has 78 valence electrons. The number of likely N-dealkylation sites (N-methyl/N-ethyl adjacent to an activating group) is 1. The maximum atomic E-state index is 11.1. The van der Waals surface area contributed by atoms with Crippen LogP contribution in [0.1, 0.15) is 26.7 Å². The Labute approximate surface area is 79.7 Å². The van der Waals surface area contributed by atoms with Gasteiger partial charge in [-0.05, 0) is 19.8 Å². The Morgan fingerprint density at radius 1 is 1.54 bits per heavy atom. The van der Waals surface area contributed by atoms with E-state index in [-0.39, 0.29) is 24.6 Å². The number of carbonyl (C=O) groups excluding carboxylic acids is 1. The summed E-state index contributed by atoms with van der Waals surface area (Å²) < 4.78 is 0. The van der Waals surface area contributed by atoms with Crippen LogP contribution in [-0.4, -0.2) is 36.8 Å². The maximum absolute atomic E-state index is 11.1. The number of hydrogen-bond donors (Lipinski definition) is 3. The SMILES string of the molecule is CCC(CCO)NC(C)C(=O)NC. The average Bonchev–Trinajstić information content (AvgIpc) is 2.15. The highest BCUT2D eigenvalue weighted by Gasteiger charge is 2.14. The van der Waals surface area contributed by atoms with Crippen molar-refractivity contribution in [1.82, 2.24) is 10.6 Å². The molecule has 1 amide bonds. The predicted octanol–water partition coefficient (Wildman–Crippen LogP) is -0.128. The topological polar surface area (TPSA) is 61.4 Å². The van der Waals surface area contributed by atoms with Crippen LogP contribution in [0.5, 0.6) is 0 Å². The second kappa shape index (κ2) is 6.86. The smallest absolute Gasteiger partial charge is 0.236 e. The van der Waals surface area contributed by atoms with Crippen LogP contribution in [0, 0.1) is 0 Å². The number of amides is 1. The molecule has 0 fully saturated rings. The molecular formula is C9H20N2O2. The van der Waals surface area contributed by atoms with E-state index in [2.05, 4.69) is 10.6 Å². The van der Waals surface area contributed by atoms with Gasteiger partial charge in [-0.1, -0.05) is 6.92 Å². The van der Waals surface area contributed by atoms with Crippen LogP contribution in [0.2, 0.25) is 0 Å². The molecule has 0 rings (SSSR count). The third kappa shape index (κ3) is 4.85. The average molecular weight is 188 g/mol. The zero-order valence-corrected chi connectivity index (χ0v) is 8.63. The highest BCUT2D eigenvalue weighted by Crippen LogP contribution is 1.98. The summed E-state index contributed by atoms with van der Waals surface area (Å²) in [7, 11) is 1.62. The van der Waals surface area contributed by atoms with Gasteiger partial charge in [-0.25, -0.2) is 0 Å². The van der Waals surface area contributed by atoms with Gasteiger partial charge in [0.2, 0.25) is 5.91 Å². The first-order valence-electron chi connectivity index (χ1n) is 4.74. The first kappa shape index (κ1) is 12.4. The summed E-state index contributed by atoms with van der Waals surface area (Å²) in [5.74, 6) is -0.0172. The van der Waals surface area contributed by atoms with E-state index in [1.807, 2.05) is 13.8 Å². The maximum Gasteiger partial charge on any atom is 0.236 e. The van der Waals surface area contributed by atoms with Gasteiger partial charge < -0.3 is 15.7 Å². The van der Waals surface area contributed by atoms with Crippen molar-refractivity contribution in [2.24, 2.45) is 0 Å². The molecule has 0 aliphatic rings. The second-order valence-electron chi connectivity index (χ2n) is 3.12. The summed E-state index contributed by atoms with van der Waals surface area (Å²) in [6.45, 7) is 4.01. The summed E-state index contributed by atoms with van der Waals surface area (Å²) in [5, 5.41) is 14.5. The van der Waals surface area contributed by atoms with E-state index in [0.29, 0.717) is 6.42 Å². The summed E-state index contributed by atoms with van der Waals surface area (Å²) >= 11 is 0. The number of rotatable bonds is 6. The lowest BCUT2D eigenvalue weighted by molar-refractivity contribution is -0.122. The number of nitrogens with one attached hydrogen (secondary N) is 2. The Morgan fingerprint density at radius 2 is 2.15 bits per heavy atom. The Bertz CT molecular complexity index is 151. The molecule has 0 aliphatic carbocycles. The van der Waals surface area contributed by atoms with Crippen LogP contribution in [-0.2, 0) is 4.79 Å². The van der Waals surface area contributed by atoms with Crippen molar-refractivity contribution in [2.45, 2.75) is 38.8 Å². The molecule has 0 aromatic rings. The fourth-order valence-electron chi connectivity index (χ4n) is 1.21. The van der Waals surface area contributed by atoms with Crippen molar-refractivity contribution >= 4 is 5.91 Å². The summed E-state index contributed by atoms with van der Waals surface area (Å²) in [5.41, 5.74) is 0.